The van der Waals surface area contributed by atoms with Crippen molar-refractivity contribution in [2.75, 3.05) is 13.1 Å². The smallest absolute Gasteiger partial charge is 0.420 e. The highest BCUT2D eigenvalue weighted by Gasteiger charge is 2.37. The molecule has 2 fully saturated rings. The molecule has 2 aromatic carbocycles. The third kappa shape index (κ3) is 5.14. The number of carboxylic acid groups (broad SMARTS) is 1. The first-order chi connectivity index (χ1) is 14.7. The van der Waals surface area contributed by atoms with Crippen molar-refractivity contribution in [3.05, 3.63) is 41.5 Å². The molecule has 31 heavy (non-hydrogen) atoms. The molecular formula is C24H28F3NO3. The summed E-state index contributed by atoms with van der Waals surface area (Å²) in [5.41, 5.74) is 0.227. The van der Waals surface area contributed by atoms with Gasteiger partial charge < -0.3 is 9.84 Å². The van der Waals surface area contributed by atoms with Crippen molar-refractivity contribution in [3.8, 4) is 5.75 Å². The first-order valence-corrected chi connectivity index (χ1v) is 10.9. The quantitative estimate of drug-likeness (QED) is 0.630. The summed E-state index contributed by atoms with van der Waals surface area (Å²) in [6.45, 7) is 4.17. The van der Waals surface area contributed by atoms with Crippen molar-refractivity contribution in [2.45, 2.75) is 57.9 Å². The van der Waals surface area contributed by atoms with Crippen molar-refractivity contribution < 1.29 is 27.8 Å². The van der Waals surface area contributed by atoms with Crippen LogP contribution in [-0.2, 0) is 17.5 Å². The van der Waals surface area contributed by atoms with E-state index in [1.807, 2.05) is 0 Å². The van der Waals surface area contributed by atoms with Gasteiger partial charge in [0.1, 0.15) is 11.3 Å². The minimum atomic E-state index is -4.50. The molecule has 7 heteroatoms. The molecule has 1 heterocycles. The Labute approximate surface area is 180 Å². The molecule has 1 saturated heterocycles. The second kappa shape index (κ2) is 8.69. The Kier molecular flexibility index (Phi) is 6.15. The zero-order valence-corrected chi connectivity index (χ0v) is 17.6. The number of carbonyl (C=O) groups is 1. The summed E-state index contributed by atoms with van der Waals surface area (Å²) in [5.74, 6) is -0.123. The SMILES string of the molecule is CC1CCC(Oc2ccc3cc(CN4CC(CC(=O)O)C4)ccc3c2C(F)(F)F)CC1. The molecule has 1 N–H and O–H groups in total. The fourth-order valence-corrected chi connectivity index (χ4v) is 4.82. The van der Waals surface area contributed by atoms with Crippen molar-refractivity contribution >= 4 is 16.7 Å². The molecule has 1 saturated carbocycles. The van der Waals surface area contributed by atoms with Crippen molar-refractivity contribution in [3.63, 3.8) is 0 Å². The van der Waals surface area contributed by atoms with Crippen LogP contribution in [0.2, 0.25) is 0 Å². The molecule has 0 amide bonds. The van der Waals surface area contributed by atoms with E-state index in [1.54, 1.807) is 18.2 Å². The fourth-order valence-electron chi connectivity index (χ4n) is 4.82. The Morgan fingerprint density at radius 3 is 2.48 bits per heavy atom. The van der Waals surface area contributed by atoms with E-state index in [0.29, 0.717) is 30.9 Å². The summed E-state index contributed by atoms with van der Waals surface area (Å²) in [6.07, 6.45) is -0.979. The molecule has 1 aliphatic heterocycles. The van der Waals surface area contributed by atoms with Gasteiger partial charge in [0.05, 0.1) is 12.5 Å². The molecule has 0 aromatic heterocycles. The molecule has 0 atom stereocenters. The standard InChI is InChI=1S/C24H28F3NO3/c1-15-2-6-19(7-3-15)31-21-9-5-18-10-16(4-8-20(18)23(21)24(25,26)27)12-28-13-17(14-28)11-22(29)30/h4-5,8-10,15,17,19H,2-3,6-7,11-14H2,1H3,(H,29,30). The summed E-state index contributed by atoms with van der Waals surface area (Å²) < 4.78 is 47.8. The molecule has 0 spiro atoms. The van der Waals surface area contributed by atoms with E-state index in [-0.39, 0.29) is 29.6 Å². The van der Waals surface area contributed by atoms with Gasteiger partial charge in [-0.2, -0.15) is 13.2 Å². The van der Waals surface area contributed by atoms with Crippen LogP contribution in [0.25, 0.3) is 10.8 Å². The molecule has 4 rings (SSSR count). The fraction of sp³-hybridized carbons (Fsp3) is 0.542. The molecular weight excluding hydrogens is 407 g/mol. The third-order valence-corrected chi connectivity index (χ3v) is 6.49. The van der Waals surface area contributed by atoms with Gasteiger partial charge in [0.2, 0.25) is 0 Å². The minimum absolute atomic E-state index is 0.0773. The van der Waals surface area contributed by atoms with E-state index in [1.165, 1.54) is 12.1 Å². The Hall–Kier alpha value is -2.28. The number of carboxylic acids is 1. The number of nitrogens with zero attached hydrogens (tertiary/aromatic N) is 1. The van der Waals surface area contributed by atoms with Crippen LogP contribution in [0.15, 0.2) is 30.3 Å². The zero-order chi connectivity index (χ0) is 22.2. The number of ether oxygens (including phenoxy) is 1. The molecule has 4 nitrogen and oxygen atoms in total. The van der Waals surface area contributed by atoms with Crippen LogP contribution in [-0.4, -0.2) is 35.2 Å². The number of likely N-dealkylation sites (tertiary alicyclic amines) is 1. The number of hydrogen-bond acceptors (Lipinski definition) is 3. The maximum atomic E-state index is 14.0. The Morgan fingerprint density at radius 2 is 1.84 bits per heavy atom. The second-order valence-corrected chi connectivity index (χ2v) is 9.15. The first kappa shape index (κ1) is 21.9. The first-order valence-electron chi connectivity index (χ1n) is 10.9. The summed E-state index contributed by atoms with van der Waals surface area (Å²) in [6, 6.07) is 8.23. The average molecular weight is 435 g/mol. The van der Waals surface area contributed by atoms with Gasteiger partial charge in [-0.25, -0.2) is 0 Å². The highest BCUT2D eigenvalue weighted by Crippen LogP contribution is 2.43. The molecule has 0 radical (unpaired) electrons. The maximum absolute atomic E-state index is 14.0. The number of benzene rings is 2. The molecule has 1 aliphatic carbocycles. The third-order valence-electron chi connectivity index (χ3n) is 6.49. The number of hydrogen-bond donors (Lipinski definition) is 1. The molecule has 0 unspecified atom stereocenters. The van der Waals surface area contributed by atoms with E-state index >= 15 is 0 Å². The molecule has 0 bridgehead atoms. The highest BCUT2D eigenvalue weighted by molar-refractivity contribution is 5.89. The van der Waals surface area contributed by atoms with Crippen molar-refractivity contribution in [2.24, 2.45) is 11.8 Å². The maximum Gasteiger partial charge on any atom is 0.420 e. The van der Waals surface area contributed by atoms with Crippen LogP contribution in [0.1, 0.15) is 50.2 Å². The monoisotopic (exact) mass is 435 g/mol. The molecule has 168 valence electrons. The predicted molar refractivity (Wildman–Crippen MR) is 112 cm³/mol. The molecule has 2 aromatic rings. The lowest BCUT2D eigenvalue weighted by Crippen LogP contribution is -2.46. The minimum Gasteiger partial charge on any atom is -0.490 e. The van der Waals surface area contributed by atoms with Crippen molar-refractivity contribution in [1.82, 2.24) is 4.90 Å². The lowest BCUT2D eigenvalue weighted by atomic mass is 9.89. The van der Waals surface area contributed by atoms with Crippen LogP contribution in [0, 0.1) is 11.8 Å². The average Bonchev–Trinajstić information content (AvgIpc) is 2.66. The van der Waals surface area contributed by atoms with Gasteiger partial charge in [0.15, 0.2) is 0 Å². The van der Waals surface area contributed by atoms with Gasteiger partial charge in [-0.05, 0) is 66.0 Å². The number of rotatable bonds is 6. The zero-order valence-electron chi connectivity index (χ0n) is 17.6. The number of halogens is 3. The van der Waals surface area contributed by atoms with E-state index in [0.717, 1.165) is 31.2 Å². The Balaban J connectivity index is 1.53. The van der Waals surface area contributed by atoms with Crippen molar-refractivity contribution in [1.29, 1.82) is 0 Å². The van der Waals surface area contributed by atoms with Gasteiger partial charge >= 0.3 is 12.1 Å². The summed E-state index contributed by atoms with van der Waals surface area (Å²) in [7, 11) is 0. The highest BCUT2D eigenvalue weighted by atomic mass is 19.4. The predicted octanol–water partition coefficient (Wildman–Crippen LogP) is 5.72. The van der Waals surface area contributed by atoms with Crippen LogP contribution < -0.4 is 4.74 Å². The van der Waals surface area contributed by atoms with E-state index in [4.69, 9.17) is 9.84 Å². The molecule has 2 aliphatic rings. The lowest BCUT2D eigenvalue weighted by molar-refractivity contribution is -0.140. The van der Waals surface area contributed by atoms with Crippen LogP contribution in [0.5, 0.6) is 5.75 Å². The Morgan fingerprint density at radius 1 is 1.13 bits per heavy atom. The van der Waals surface area contributed by atoms with Gasteiger partial charge in [-0.15, -0.1) is 0 Å². The Bertz CT molecular complexity index is 945. The van der Waals surface area contributed by atoms with Gasteiger partial charge in [-0.3, -0.25) is 9.69 Å². The lowest BCUT2D eigenvalue weighted by Gasteiger charge is -2.38. The topological polar surface area (TPSA) is 49.8 Å². The van der Waals surface area contributed by atoms with Crippen LogP contribution in [0.3, 0.4) is 0 Å². The largest absolute Gasteiger partial charge is 0.490 e. The normalized spacial score (nSPS) is 23.0. The van der Waals surface area contributed by atoms with Gasteiger partial charge in [0, 0.05) is 19.6 Å². The number of aliphatic carboxylic acids is 1. The summed E-state index contributed by atoms with van der Waals surface area (Å²) in [5, 5.41) is 9.55. The second-order valence-electron chi connectivity index (χ2n) is 9.15. The summed E-state index contributed by atoms with van der Waals surface area (Å²) >= 11 is 0. The number of alkyl halides is 3. The van der Waals surface area contributed by atoms with Gasteiger partial charge in [0.25, 0.3) is 0 Å². The van der Waals surface area contributed by atoms with Crippen LogP contribution in [0.4, 0.5) is 13.2 Å². The number of fused-ring (bicyclic) bond motifs is 1. The van der Waals surface area contributed by atoms with Crippen LogP contribution >= 0.6 is 0 Å². The summed E-state index contributed by atoms with van der Waals surface area (Å²) in [4.78, 5) is 12.9. The van der Waals surface area contributed by atoms with E-state index < -0.39 is 17.7 Å². The van der Waals surface area contributed by atoms with E-state index in [2.05, 4.69) is 11.8 Å². The van der Waals surface area contributed by atoms with E-state index in [9.17, 15) is 18.0 Å². The van der Waals surface area contributed by atoms with Gasteiger partial charge in [-0.1, -0.05) is 25.1 Å².